The maximum atomic E-state index is 12.4. The molecule has 0 spiro atoms. The molecule has 0 aliphatic carbocycles. The molecule has 23 heavy (non-hydrogen) atoms. The Bertz CT molecular complexity index is 544. The van der Waals surface area contributed by atoms with Gasteiger partial charge in [0, 0.05) is 31.9 Å². The molecule has 0 N–H and O–H groups in total. The minimum Gasteiger partial charge on any atom is -0.368 e. The Morgan fingerprint density at radius 2 is 1.70 bits per heavy atom. The van der Waals surface area contributed by atoms with Crippen molar-refractivity contribution in [3.05, 3.63) is 29.3 Å². The fraction of sp³-hybridized carbons (Fsp3) is 0.632. The summed E-state index contributed by atoms with van der Waals surface area (Å²) in [5.41, 5.74) is 4.04. The molecule has 126 valence electrons. The second-order valence-electron chi connectivity index (χ2n) is 6.88. The second-order valence-corrected chi connectivity index (χ2v) is 6.88. The molecule has 0 atom stereocenters. The van der Waals surface area contributed by atoms with Crippen LogP contribution in [0.2, 0.25) is 0 Å². The molecule has 0 unspecified atom stereocenters. The van der Waals surface area contributed by atoms with Gasteiger partial charge in [-0.15, -0.1) is 0 Å². The number of hydrogen-bond acceptors (Lipinski definition) is 3. The van der Waals surface area contributed by atoms with Gasteiger partial charge in [-0.1, -0.05) is 13.0 Å². The Labute approximate surface area is 140 Å². The van der Waals surface area contributed by atoms with Gasteiger partial charge in [-0.3, -0.25) is 9.69 Å². The molecule has 0 radical (unpaired) electrons. The number of carbonyl (C=O) groups is 1. The molecule has 2 heterocycles. The highest BCUT2D eigenvalue weighted by Crippen LogP contribution is 2.21. The Morgan fingerprint density at radius 1 is 1.00 bits per heavy atom. The van der Waals surface area contributed by atoms with E-state index < -0.39 is 0 Å². The number of hydrogen-bond donors (Lipinski definition) is 0. The predicted molar refractivity (Wildman–Crippen MR) is 95.0 cm³/mol. The summed E-state index contributed by atoms with van der Waals surface area (Å²) in [5, 5.41) is 0. The van der Waals surface area contributed by atoms with Gasteiger partial charge in [0.05, 0.1) is 6.54 Å². The van der Waals surface area contributed by atoms with Crippen molar-refractivity contribution in [3.63, 3.8) is 0 Å². The third-order valence-corrected chi connectivity index (χ3v) is 5.09. The zero-order valence-electron chi connectivity index (χ0n) is 14.6. The molecule has 3 rings (SSSR count). The van der Waals surface area contributed by atoms with Gasteiger partial charge in [0.2, 0.25) is 5.91 Å². The molecule has 4 heteroatoms. The summed E-state index contributed by atoms with van der Waals surface area (Å²) in [6, 6.07) is 6.83. The molecule has 1 aromatic rings. The minimum atomic E-state index is 0.310. The number of rotatable bonds is 4. The first-order chi connectivity index (χ1) is 11.2. The third kappa shape index (κ3) is 4.05. The zero-order chi connectivity index (χ0) is 16.2. The highest BCUT2D eigenvalue weighted by atomic mass is 16.2. The zero-order valence-corrected chi connectivity index (χ0v) is 14.6. The quantitative estimate of drug-likeness (QED) is 0.853. The number of aryl methyl sites for hydroxylation is 2. The molecule has 0 bridgehead atoms. The lowest BCUT2D eigenvalue weighted by Crippen LogP contribution is -2.51. The Hall–Kier alpha value is -1.55. The summed E-state index contributed by atoms with van der Waals surface area (Å²) in [6.45, 7) is 10.8. The predicted octanol–water partition coefficient (Wildman–Crippen LogP) is 2.30. The standard InChI is InChI=1S/C19H29N3O/c1-3-17-12-16(2)13-18(14-17)21-8-10-22(11-9-21)19(23)15-20-6-4-5-7-20/h12-14H,3-11,15H2,1-2H3. The first kappa shape index (κ1) is 16.3. The summed E-state index contributed by atoms with van der Waals surface area (Å²) < 4.78 is 0. The maximum Gasteiger partial charge on any atom is 0.236 e. The monoisotopic (exact) mass is 315 g/mol. The van der Waals surface area contributed by atoms with E-state index in [0.29, 0.717) is 12.5 Å². The van der Waals surface area contributed by atoms with Crippen molar-refractivity contribution in [1.29, 1.82) is 0 Å². The second kappa shape index (κ2) is 7.35. The SMILES string of the molecule is CCc1cc(C)cc(N2CCN(C(=O)CN3CCCC3)CC2)c1. The number of likely N-dealkylation sites (tertiary alicyclic amines) is 1. The van der Waals surface area contributed by atoms with E-state index in [9.17, 15) is 4.79 Å². The van der Waals surface area contributed by atoms with Crippen LogP contribution >= 0.6 is 0 Å². The van der Waals surface area contributed by atoms with Crippen LogP contribution < -0.4 is 4.90 Å². The summed E-state index contributed by atoms with van der Waals surface area (Å²) in [7, 11) is 0. The van der Waals surface area contributed by atoms with Crippen LogP contribution in [-0.2, 0) is 11.2 Å². The smallest absolute Gasteiger partial charge is 0.236 e. The molecule has 1 aromatic carbocycles. The van der Waals surface area contributed by atoms with Crippen LogP contribution in [0.3, 0.4) is 0 Å². The molecule has 1 amide bonds. The van der Waals surface area contributed by atoms with E-state index >= 15 is 0 Å². The highest BCUT2D eigenvalue weighted by Gasteiger charge is 2.24. The van der Waals surface area contributed by atoms with Crippen molar-refractivity contribution in [1.82, 2.24) is 9.80 Å². The van der Waals surface area contributed by atoms with Crippen molar-refractivity contribution >= 4 is 11.6 Å². The minimum absolute atomic E-state index is 0.310. The molecular weight excluding hydrogens is 286 g/mol. The lowest BCUT2D eigenvalue weighted by atomic mass is 10.1. The lowest BCUT2D eigenvalue weighted by Gasteiger charge is -2.37. The Kier molecular flexibility index (Phi) is 5.21. The largest absolute Gasteiger partial charge is 0.368 e. The van der Waals surface area contributed by atoms with E-state index in [-0.39, 0.29) is 0 Å². The average molecular weight is 315 g/mol. The van der Waals surface area contributed by atoms with Gasteiger partial charge >= 0.3 is 0 Å². The van der Waals surface area contributed by atoms with E-state index in [2.05, 4.69) is 41.8 Å². The number of nitrogens with zero attached hydrogens (tertiary/aromatic N) is 3. The van der Waals surface area contributed by atoms with E-state index in [0.717, 1.165) is 45.7 Å². The summed E-state index contributed by atoms with van der Waals surface area (Å²) in [6.07, 6.45) is 3.56. The number of anilines is 1. The molecule has 2 saturated heterocycles. The average Bonchev–Trinajstić information content (AvgIpc) is 3.07. The summed E-state index contributed by atoms with van der Waals surface area (Å²) in [5.74, 6) is 0.310. The van der Waals surface area contributed by atoms with Crippen molar-refractivity contribution in [2.24, 2.45) is 0 Å². The van der Waals surface area contributed by atoms with Crippen molar-refractivity contribution in [3.8, 4) is 0 Å². The molecule has 0 aromatic heterocycles. The Morgan fingerprint density at radius 3 is 2.35 bits per heavy atom. The number of piperazine rings is 1. The normalized spacial score (nSPS) is 19.4. The van der Waals surface area contributed by atoms with Crippen LogP contribution in [0.1, 0.15) is 30.9 Å². The van der Waals surface area contributed by atoms with Crippen molar-refractivity contribution in [2.45, 2.75) is 33.1 Å². The fourth-order valence-electron chi connectivity index (χ4n) is 3.67. The van der Waals surface area contributed by atoms with Crippen molar-refractivity contribution in [2.75, 3.05) is 50.7 Å². The molecule has 2 fully saturated rings. The maximum absolute atomic E-state index is 12.4. The van der Waals surface area contributed by atoms with E-state index in [4.69, 9.17) is 0 Å². The fourth-order valence-corrected chi connectivity index (χ4v) is 3.67. The molecular formula is C19H29N3O. The molecule has 4 nitrogen and oxygen atoms in total. The topological polar surface area (TPSA) is 26.8 Å². The van der Waals surface area contributed by atoms with Gasteiger partial charge in [0.25, 0.3) is 0 Å². The van der Waals surface area contributed by atoms with E-state index in [1.807, 2.05) is 4.90 Å². The van der Waals surface area contributed by atoms with Gasteiger partial charge in [-0.25, -0.2) is 0 Å². The number of carbonyl (C=O) groups excluding carboxylic acids is 1. The highest BCUT2D eigenvalue weighted by molar-refractivity contribution is 5.78. The van der Waals surface area contributed by atoms with Crippen molar-refractivity contribution < 1.29 is 4.79 Å². The van der Waals surface area contributed by atoms with Crippen LogP contribution in [0.15, 0.2) is 18.2 Å². The van der Waals surface area contributed by atoms with Crippen LogP contribution in [0.5, 0.6) is 0 Å². The van der Waals surface area contributed by atoms with Gasteiger partial charge in [-0.2, -0.15) is 0 Å². The number of amides is 1. The number of benzene rings is 1. The van der Waals surface area contributed by atoms with Crippen LogP contribution in [-0.4, -0.2) is 61.5 Å². The van der Waals surface area contributed by atoms with Gasteiger partial charge in [-0.05, 0) is 62.5 Å². The van der Waals surface area contributed by atoms with Gasteiger partial charge in [0.1, 0.15) is 0 Å². The van der Waals surface area contributed by atoms with Gasteiger partial charge < -0.3 is 9.80 Å². The molecule has 2 aliphatic heterocycles. The Balaban J connectivity index is 1.55. The van der Waals surface area contributed by atoms with E-state index in [1.54, 1.807) is 0 Å². The first-order valence-corrected chi connectivity index (χ1v) is 9.01. The van der Waals surface area contributed by atoms with Gasteiger partial charge in [0.15, 0.2) is 0 Å². The summed E-state index contributed by atoms with van der Waals surface area (Å²) in [4.78, 5) is 19.2. The third-order valence-electron chi connectivity index (χ3n) is 5.09. The van der Waals surface area contributed by atoms with Crippen LogP contribution in [0.4, 0.5) is 5.69 Å². The lowest BCUT2D eigenvalue weighted by molar-refractivity contribution is -0.132. The molecule has 0 saturated carbocycles. The summed E-state index contributed by atoms with van der Waals surface area (Å²) >= 11 is 0. The van der Waals surface area contributed by atoms with Crippen LogP contribution in [0, 0.1) is 6.92 Å². The first-order valence-electron chi connectivity index (χ1n) is 9.01. The van der Waals surface area contributed by atoms with Crippen LogP contribution in [0.25, 0.3) is 0 Å². The van der Waals surface area contributed by atoms with E-state index in [1.165, 1.54) is 29.7 Å². The molecule has 2 aliphatic rings.